The van der Waals surface area contributed by atoms with Crippen molar-refractivity contribution in [2.45, 2.75) is 12.8 Å². The molecule has 0 saturated heterocycles. The minimum Gasteiger partial charge on any atom is -0.283 e. The van der Waals surface area contributed by atoms with E-state index < -0.39 is 0 Å². The maximum Gasteiger partial charge on any atom is 0.146 e. The Kier molecular flexibility index (Phi) is 2.74. The molecule has 0 radical (unpaired) electrons. The van der Waals surface area contributed by atoms with Crippen LogP contribution in [0.3, 0.4) is 0 Å². The van der Waals surface area contributed by atoms with E-state index in [0.29, 0.717) is 0 Å². The van der Waals surface area contributed by atoms with E-state index in [1.165, 1.54) is 60.7 Å². The summed E-state index contributed by atoms with van der Waals surface area (Å²) in [4.78, 5) is 9.39. The van der Waals surface area contributed by atoms with E-state index in [-0.39, 0.29) is 0 Å². The standard InChI is InChI=1S/C28H17N3/c1-2-5-18-16(4-1)14-23-19(18)8-7-17-15-24-20(25(17)23)9-10-22-26(24)21-6-3-11-29-27(21)31-13-12-30-28(22)31/h1-13H,14-15H2. The number of fused-ring (bicyclic) bond motifs is 14. The van der Waals surface area contributed by atoms with Crippen LogP contribution in [0.15, 0.2) is 79.3 Å². The van der Waals surface area contributed by atoms with Crippen LogP contribution in [0, 0.1) is 0 Å². The fraction of sp³-hybridized carbons (Fsp3) is 0.0714. The zero-order valence-electron chi connectivity index (χ0n) is 16.8. The number of benzene rings is 3. The summed E-state index contributed by atoms with van der Waals surface area (Å²) in [5.74, 6) is 0. The molecule has 8 rings (SSSR count). The molecule has 0 atom stereocenters. The fourth-order valence-corrected chi connectivity index (χ4v) is 5.95. The van der Waals surface area contributed by atoms with E-state index in [4.69, 9.17) is 4.98 Å². The summed E-state index contributed by atoms with van der Waals surface area (Å²) in [6.45, 7) is 0. The number of aromatic nitrogens is 3. The normalized spacial score (nSPS) is 13.5. The summed E-state index contributed by atoms with van der Waals surface area (Å²) >= 11 is 0. The molecular weight excluding hydrogens is 378 g/mol. The van der Waals surface area contributed by atoms with Gasteiger partial charge in [-0.2, -0.15) is 0 Å². The number of hydrogen-bond donors (Lipinski definition) is 0. The van der Waals surface area contributed by atoms with Gasteiger partial charge in [-0.05, 0) is 75.5 Å². The van der Waals surface area contributed by atoms with Crippen molar-refractivity contribution in [3.63, 3.8) is 0 Å². The zero-order chi connectivity index (χ0) is 20.1. The molecule has 0 amide bonds. The predicted molar refractivity (Wildman–Crippen MR) is 124 cm³/mol. The SMILES string of the molecule is c1ccc2c(c1)Cc1c-2ccc2c1-c1ccc3c(c1C2)c1cccnc1n1ccnc31. The van der Waals surface area contributed by atoms with Crippen LogP contribution < -0.4 is 0 Å². The van der Waals surface area contributed by atoms with Gasteiger partial charge in [-0.1, -0.05) is 42.5 Å². The molecule has 0 spiro atoms. The molecule has 31 heavy (non-hydrogen) atoms. The highest BCUT2D eigenvalue weighted by molar-refractivity contribution is 6.15. The first-order valence-electron chi connectivity index (χ1n) is 10.8. The lowest BCUT2D eigenvalue weighted by molar-refractivity contribution is 1.20. The van der Waals surface area contributed by atoms with Crippen LogP contribution in [-0.4, -0.2) is 14.4 Å². The molecule has 2 aliphatic rings. The third kappa shape index (κ3) is 1.85. The Hall–Kier alpha value is -3.98. The van der Waals surface area contributed by atoms with Crippen LogP contribution in [0.1, 0.15) is 22.3 Å². The lowest BCUT2D eigenvalue weighted by Gasteiger charge is -2.12. The second kappa shape index (κ2) is 5.38. The third-order valence-corrected chi connectivity index (χ3v) is 7.19. The molecule has 0 N–H and O–H groups in total. The molecule has 0 bridgehead atoms. The first-order chi connectivity index (χ1) is 15.4. The lowest BCUT2D eigenvalue weighted by atomic mass is 9.94. The molecule has 0 saturated carbocycles. The average molecular weight is 395 g/mol. The highest BCUT2D eigenvalue weighted by Crippen LogP contribution is 2.49. The first kappa shape index (κ1) is 15.8. The van der Waals surface area contributed by atoms with Gasteiger partial charge in [-0.25, -0.2) is 9.97 Å². The Bertz CT molecular complexity index is 1740. The zero-order valence-corrected chi connectivity index (χ0v) is 16.8. The van der Waals surface area contributed by atoms with Gasteiger partial charge < -0.3 is 0 Å². The van der Waals surface area contributed by atoms with Crippen LogP contribution in [0.4, 0.5) is 0 Å². The maximum absolute atomic E-state index is 4.71. The van der Waals surface area contributed by atoms with Gasteiger partial charge in [0.2, 0.25) is 0 Å². The summed E-state index contributed by atoms with van der Waals surface area (Å²) in [6, 6.07) is 22.3. The van der Waals surface area contributed by atoms with Crippen molar-refractivity contribution in [2.24, 2.45) is 0 Å². The molecule has 6 aromatic rings. The van der Waals surface area contributed by atoms with E-state index in [1.54, 1.807) is 0 Å². The molecule has 144 valence electrons. The number of nitrogens with zero attached hydrogens (tertiary/aromatic N) is 3. The van der Waals surface area contributed by atoms with Crippen molar-refractivity contribution in [1.82, 2.24) is 14.4 Å². The highest BCUT2D eigenvalue weighted by atomic mass is 15.0. The van der Waals surface area contributed by atoms with Crippen LogP contribution in [0.25, 0.3) is 49.7 Å². The molecular formula is C28H17N3. The van der Waals surface area contributed by atoms with Gasteiger partial charge in [0.1, 0.15) is 11.3 Å². The largest absolute Gasteiger partial charge is 0.283 e. The van der Waals surface area contributed by atoms with Gasteiger partial charge in [0, 0.05) is 34.7 Å². The van der Waals surface area contributed by atoms with Crippen molar-refractivity contribution in [3.05, 3.63) is 102 Å². The van der Waals surface area contributed by atoms with Gasteiger partial charge in [0.05, 0.1) is 0 Å². The predicted octanol–water partition coefficient (Wildman–Crippen LogP) is 6.18. The van der Waals surface area contributed by atoms with Crippen LogP contribution in [0.5, 0.6) is 0 Å². The molecule has 0 unspecified atom stereocenters. The summed E-state index contributed by atoms with van der Waals surface area (Å²) in [5, 5.41) is 3.71. The van der Waals surface area contributed by atoms with Crippen molar-refractivity contribution in [2.75, 3.05) is 0 Å². The Morgan fingerprint density at radius 1 is 0.613 bits per heavy atom. The summed E-state index contributed by atoms with van der Waals surface area (Å²) in [5.41, 5.74) is 13.4. The van der Waals surface area contributed by atoms with Crippen molar-refractivity contribution in [3.8, 4) is 22.3 Å². The van der Waals surface area contributed by atoms with E-state index >= 15 is 0 Å². The van der Waals surface area contributed by atoms with E-state index in [2.05, 4.69) is 64.0 Å². The Morgan fingerprint density at radius 3 is 2.39 bits per heavy atom. The second-order valence-electron chi connectivity index (χ2n) is 8.65. The van der Waals surface area contributed by atoms with Crippen LogP contribution in [0.2, 0.25) is 0 Å². The van der Waals surface area contributed by atoms with Gasteiger partial charge in [-0.3, -0.25) is 4.40 Å². The summed E-state index contributed by atoms with van der Waals surface area (Å²) in [6.07, 6.45) is 7.74. The number of pyridine rings is 2. The fourth-order valence-electron chi connectivity index (χ4n) is 5.95. The van der Waals surface area contributed by atoms with Gasteiger partial charge >= 0.3 is 0 Å². The molecule has 3 aromatic carbocycles. The topological polar surface area (TPSA) is 30.2 Å². The maximum atomic E-state index is 4.71. The molecule has 0 aliphatic heterocycles. The molecule has 2 aliphatic carbocycles. The summed E-state index contributed by atoms with van der Waals surface area (Å²) in [7, 11) is 0. The van der Waals surface area contributed by atoms with Crippen molar-refractivity contribution >= 4 is 27.5 Å². The minimum absolute atomic E-state index is 0.965. The minimum atomic E-state index is 0.965. The van der Waals surface area contributed by atoms with Gasteiger partial charge in [0.15, 0.2) is 0 Å². The molecule has 0 fully saturated rings. The number of rotatable bonds is 0. The van der Waals surface area contributed by atoms with Gasteiger partial charge in [-0.15, -0.1) is 0 Å². The Balaban J connectivity index is 1.50. The molecule has 3 aromatic heterocycles. The van der Waals surface area contributed by atoms with E-state index in [1.807, 2.05) is 24.7 Å². The molecule has 3 heterocycles. The smallest absolute Gasteiger partial charge is 0.146 e. The lowest BCUT2D eigenvalue weighted by Crippen LogP contribution is -1.95. The van der Waals surface area contributed by atoms with E-state index in [9.17, 15) is 0 Å². The second-order valence-corrected chi connectivity index (χ2v) is 8.65. The third-order valence-electron chi connectivity index (χ3n) is 7.19. The van der Waals surface area contributed by atoms with Crippen molar-refractivity contribution < 1.29 is 0 Å². The van der Waals surface area contributed by atoms with Gasteiger partial charge in [0.25, 0.3) is 0 Å². The quantitative estimate of drug-likeness (QED) is 0.287. The molecule has 3 heteroatoms. The number of hydrogen-bond acceptors (Lipinski definition) is 2. The first-order valence-corrected chi connectivity index (χ1v) is 10.8. The van der Waals surface area contributed by atoms with Crippen molar-refractivity contribution in [1.29, 1.82) is 0 Å². The average Bonchev–Trinajstić information content (AvgIpc) is 3.53. The summed E-state index contributed by atoms with van der Waals surface area (Å²) < 4.78 is 2.11. The van der Waals surface area contributed by atoms with E-state index in [0.717, 1.165) is 24.1 Å². The number of imidazole rings is 1. The Labute approximate surface area is 178 Å². The Morgan fingerprint density at radius 2 is 1.42 bits per heavy atom. The van der Waals surface area contributed by atoms with Crippen LogP contribution in [-0.2, 0) is 12.8 Å². The monoisotopic (exact) mass is 395 g/mol. The molecule has 3 nitrogen and oxygen atoms in total. The highest BCUT2D eigenvalue weighted by Gasteiger charge is 2.30. The van der Waals surface area contributed by atoms with Crippen LogP contribution >= 0.6 is 0 Å².